The van der Waals surface area contributed by atoms with Crippen LogP contribution in [0, 0.1) is 0 Å². The summed E-state index contributed by atoms with van der Waals surface area (Å²) < 4.78 is 6.69. The fourth-order valence-corrected chi connectivity index (χ4v) is 7.23. The van der Waals surface area contributed by atoms with E-state index < -0.39 is 0 Å². The van der Waals surface area contributed by atoms with E-state index in [1.165, 1.54) is 16.7 Å². The van der Waals surface area contributed by atoms with Gasteiger partial charge in [0.1, 0.15) is 11.2 Å². The second-order valence-corrected chi connectivity index (χ2v) is 13.2. The first kappa shape index (κ1) is 30.6. The van der Waals surface area contributed by atoms with Crippen molar-refractivity contribution in [3.63, 3.8) is 0 Å². The van der Waals surface area contributed by atoms with Crippen LogP contribution in [0.4, 0.5) is 0 Å². The number of hydrogen-bond donors (Lipinski definition) is 0. The summed E-state index contributed by atoms with van der Waals surface area (Å²) in [6, 6.07) is 65.1. The Kier molecular flexibility index (Phi) is 7.43. The molecule has 0 spiro atoms. The Balaban J connectivity index is 1.11. The molecular formula is C49H31N3O. The third-order valence-electron chi connectivity index (χ3n) is 9.96. The van der Waals surface area contributed by atoms with Crippen LogP contribution in [0.15, 0.2) is 192 Å². The first-order valence-corrected chi connectivity index (χ1v) is 17.8. The van der Waals surface area contributed by atoms with Crippen LogP contribution in [-0.4, -0.2) is 15.0 Å². The minimum Gasteiger partial charge on any atom is -0.455 e. The second kappa shape index (κ2) is 12.9. The first-order chi connectivity index (χ1) is 26.2. The highest BCUT2D eigenvalue weighted by Crippen LogP contribution is 2.41. The zero-order valence-corrected chi connectivity index (χ0v) is 28.6. The lowest BCUT2D eigenvalue weighted by molar-refractivity contribution is 0.673. The molecule has 0 unspecified atom stereocenters. The molecule has 0 fully saturated rings. The molecule has 0 atom stereocenters. The summed E-state index contributed by atoms with van der Waals surface area (Å²) in [4.78, 5) is 15.3. The summed E-state index contributed by atoms with van der Waals surface area (Å²) in [6.45, 7) is 0. The summed E-state index contributed by atoms with van der Waals surface area (Å²) in [7, 11) is 0. The van der Waals surface area contributed by atoms with Gasteiger partial charge in [-0.15, -0.1) is 0 Å². The Hall–Kier alpha value is -7.17. The van der Waals surface area contributed by atoms with Gasteiger partial charge in [0.15, 0.2) is 17.5 Å². The van der Waals surface area contributed by atoms with Gasteiger partial charge in [0.05, 0.1) is 0 Å². The zero-order chi connectivity index (χ0) is 35.1. The average molecular weight is 678 g/mol. The average Bonchev–Trinajstić information content (AvgIpc) is 3.62. The monoisotopic (exact) mass is 677 g/mol. The molecule has 10 rings (SSSR count). The van der Waals surface area contributed by atoms with Gasteiger partial charge in [0.2, 0.25) is 0 Å². The SMILES string of the molecule is c1ccc(-c2ccc(-c3ccc4c(c3)oc3c5ccccc5c(-c5nc(-c6ccccc6)nc(-c6ccc(-c7ccccc7)cc6)n5)cc43)cc2)cc1. The Morgan fingerprint density at radius 2 is 0.698 bits per heavy atom. The highest BCUT2D eigenvalue weighted by Gasteiger charge is 2.19. The van der Waals surface area contributed by atoms with Crippen molar-refractivity contribution in [1.82, 2.24) is 15.0 Å². The molecule has 0 aliphatic rings. The molecule has 2 aromatic heterocycles. The maximum Gasteiger partial charge on any atom is 0.164 e. The molecule has 2 heterocycles. The number of rotatable bonds is 6. The predicted octanol–water partition coefficient (Wildman–Crippen LogP) is 12.9. The van der Waals surface area contributed by atoms with E-state index in [9.17, 15) is 0 Å². The van der Waals surface area contributed by atoms with Gasteiger partial charge in [-0.25, -0.2) is 15.0 Å². The van der Waals surface area contributed by atoms with E-state index in [-0.39, 0.29) is 0 Å². The van der Waals surface area contributed by atoms with Crippen molar-refractivity contribution in [2.45, 2.75) is 0 Å². The van der Waals surface area contributed by atoms with Gasteiger partial charge in [-0.3, -0.25) is 0 Å². The fraction of sp³-hybridized carbons (Fsp3) is 0. The van der Waals surface area contributed by atoms with Crippen molar-refractivity contribution in [1.29, 1.82) is 0 Å². The standard InChI is InChI=1S/C49H31N3O/c1-4-12-32(13-5-1)34-20-22-36(23-21-34)39-28-29-41-43-31-44(40-18-10-11-19-42(40)46(43)53-45(41)30-39)49-51-47(37-16-8-3-9-17-37)50-48(52-49)38-26-24-35(25-27-38)33-14-6-2-7-15-33/h1-31H. The molecule has 10 aromatic rings. The summed E-state index contributed by atoms with van der Waals surface area (Å²) in [6.07, 6.45) is 0. The van der Waals surface area contributed by atoms with Crippen molar-refractivity contribution in [3.8, 4) is 67.5 Å². The molecule has 0 aliphatic heterocycles. The number of benzene rings is 8. The van der Waals surface area contributed by atoms with Gasteiger partial charge in [-0.05, 0) is 57.0 Å². The molecular weight excluding hydrogens is 647 g/mol. The topological polar surface area (TPSA) is 51.8 Å². The first-order valence-electron chi connectivity index (χ1n) is 17.8. The fourth-order valence-electron chi connectivity index (χ4n) is 7.23. The molecule has 248 valence electrons. The van der Waals surface area contributed by atoms with Crippen LogP contribution in [0.1, 0.15) is 0 Å². The molecule has 0 N–H and O–H groups in total. The van der Waals surface area contributed by atoms with Crippen LogP contribution in [0.3, 0.4) is 0 Å². The quantitative estimate of drug-likeness (QED) is 0.176. The lowest BCUT2D eigenvalue weighted by atomic mass is 9.98. The van der Waals surface area contributed by atoms with Crippen molar-refractivity contribution in [2.24, 2.45) is 0 Å². The Morgan fingerprint density at radius 1 is 0.283 bits per heavy atom. The minimum atomic E-state index is 0.614. The maximum atomic E-state index is 6.69. The van der Waals surface area contributed by atoms with Gasteiger partial charge < -0.3 is 4.42 Å². The van der Waals surface area contributed by atoms with Crippen LogP contribution in [0.2, 0.25) is 0 Å². The van der Waals surface area contributed by atoms with Crippen LogP contribution >= 0.6 is 0 Å². The number of hydrogen-bond acceptors (Lipinski definition) is 4. The number of nitrogens with zero attached hydrogens (tertiary/aromatic N) is 3. The molecule has 4 heteroatoms. The molecule has 8 aromatic carbocycles. The van der Waals surface area contributed by atoms with E-state index in [1.807, 2.05) is 42.5 Å². The maximum absolute atomic E-state index is 6.69. The Morgan fingerprint density at radius 3 is 1.28 bits per heavy atom. The van der Waals surface area contributed by atoms with Crippen molar-refractivity contribution in [3.05, 3.63) is 188 Å². The third kappa shape index (κ3) is 5.63. The lowest BCUT2D eigenvalue weighted by Crippen LogP contribution is -2.00. The molecule has 0 radical (unpaired) electrons. The van der Waals surface area contributed by atoms with Crippen LogP contribution in [-0.2, 0) is 0 Å². The molecule has 0 amide bonds. The van der Waals surface area contributed by atoms with Gasteiger partial charge in [0.25, 0.3) is 0 Å². The summed E-state index contributed by atoms with van der Waals surface area (Å²) in [5.41, 5.74) is 11.4. The Labute approximate surface area is 306 Å². The van der Waals surface area contributed by atoms with Gasteiger partial charge in [-0.1, -0.05) is 170 Å². The van der Waals surface area contributed by atoms with E-state index in [4.69, 9.17) is 19.4 Å². The smallest absolute Gasteiger partial charge is 0.164 e. The van der Waals surface area contributed by atoms with E-state index in [1.54, 1.807) is 0 Å². The van der Waals surface area contributed by atoms with E-state index in [0.717, 1.165) is 66.1 Å². The van der Waals surface area contributed by atoms with Crippen molar-refractivity contribution >= 4 is 32.7 Å². The van der Waals surface area contributed by atoms with E-state index in [0.29, 0.717) is 17.5 Å². The molecule has 0 aliphatic carbocycles. The van der Waals surface area contributed by atoms with Crippen LogP contribution < -0.4 is 0 Å². The zero-order valence-electron chi connectivity index (χ0n) is 28.6. The summed E-state index contributed by atoms with van der Waals surface area (Å²) in [5, 5.41) is 4.10. The summed E-state index contributed by atoms with van der Waals surface area (Å²) >= 11 is 0. The molecule has 4 nitrogen and oxygen atoms in total. The normalized spacial score (nSPS) is 11.4. The predicted molar refractivity (Wildman–Crippen MR) is 217 cm³/mol. The van der Waals surface area contributed by atoms with Gasteiger partial charge in [0, 0.05) is 32.8 Å². The number of furan rings is 1. The van der Waals surface area contributed by atoms with E-state index in [2.05, 4.69) is 146 Å². The molecule has 0 saturated heterocycles. The van der Waals surface area contributed by atoms with Crippen LogP contribution in [0.5, 0.6) is 0 Å². The highest BCUT2D eigenvalue weighted by molar-refractivity contribution is 6.19. The van der Waals surface area contributed by atoms with Crippen LogP contribution in [0.25, 0.3) is 100 Å². The third-order valence-corrected chi connectivity index (χ3v) is 9.96. The minimum absolute atomic E-state index is 0.614. The molecule has 53 heavy (non-hydrogen) atoms. The van der Waals surface area contributed by atoms with E-state index >= 15 is 0 Å². The highest BCUT2D eigenvalue weighted by atomic mass is 16.3. The second-order valence-electron chi connectivity index (χ2n) is 13.2. The van der Waals surface area contributed by atoms with Crippen molar-refractivity contribution < 1.29 is 4.42 Å². The molecule has 0 bridgehead atoms. The van der Waals surface area contributed by atoms with Gasteiger partial charge in [-0.2, -0.15) is 0 Å². The lowest BCUT2D eigenvalue weighted by Gasteiger charge is -2.11. The number of aromatic nitrogens is 3. The Bertz CT molecular complexity index is 2900. The molecule has 0 saturated carbocycles. The van der Waals surface area contributed by atoms with Crippen molar-refractivity contribution in [2.75, 3.05) is 0 Å². The van der Waals surface area contributed by atoms with Gasteiger partial charge >= 0.3 is 0 Å². The number of fused-ring (bicyclic) bond motifs is 5. The summed E-state index contributed by atoms with van der Waals surface area (Å²) in [5.74, 6) is 1.86. The largest absolute Gasteiger partial charge is 0.455 e.